The van der Waals surface area contributed by atoms with Gasteiger partial charge in [0.1, 0.15) is 0 Å². The molecular formula is C14H18ClNO2. The number of rotatable bonds is 6. The zero-order chi connectivity index (χ0) is 13.5. The molecule has 3 nitrogen and oxygen atoms in total. The summed E-state index contributed by atoms with van der Waals surface area (Å²) in [4.78, 5) is 22.2. The van der Waals surface area contributed by atoms with Crippen LogP contribution < -0.4 is 5.32 Å². The molecule has 1 aromatic rings. The average Bonchev–Trinajstić information content (AvgIpc) is 2.35. The number of benzene rings is 1. The highest BCUT2D eigenvalue weighted by atomic mass is 35.5. The lowest BCUT2D eigenvalue weighted by Gasteiger charge is -2.12. The van der Waals surface area contributed by atoms with Crippen molar-refractivity contribution in [1.29, 1.82) is 0 Å². The molecule has 0 radical (unpaired) electrons. The minimum atomic E-state index is -0.0603. The van der Waals surface area contributed by atoms with Crippen molar-refractivity contribution in [3.8, 4) is 0 Å². The summed E-state index contributed by atoms with van der Waals surface area (Å²) in [6.45, 7) is 3.50. The summed E-state index contributed by atoms with van der Waals surface area (Å²) in [7, 11) is 0. The molecule has 0 unspecified atom stereocenters. The number of nitrogens with one attached hydrogen (secondary N) is 1. The highest BCUT2D eigenvalue weighted by Gasteiger charge is 2.06. The molecule has 0 fully saturated rings. The number of carbonyl (C=O) groups is 2. The smallest absolute Gasteiger partial charge is 0.217 e. The van der Waals surface area contributed by atoms with E-state index < -0.39 is 0 Å². The van der Waals surface area contributed by atoms with Crippen molar-refractivity contribution in [1.82, 2.24) is 5.32 Å². The van der Waals surface area contributed by atoms with Gasteiger partial charge in [0.05, 0.1) is 5.88 Å². The van der Waals surface area contributed by atoms with Crippen molar-refractivity contribution in [2.24, 2.45) is 0 Å². The van der Waals surface area contributed by atoms with E-state index in [9.17, 15) is 9.59 Å². The quantitative estimate of drug-likeness (QED) is 0.636. The Morgan fingerprint density at radius 1 is 1.28 bits per heavy atom. The number of hydrogen-bond acceptors (Lipinski definition) is 2. The first-order valence-corrected chi connectivity index (χ1v) is 6.51. The number of amides is 1. The van der Waals surface area contributed by atoms with Crippen molar-refractivity contribution < 1.29 is 9.59 Å². The standard InChI is InChI=1S/C14H18ClNO2/c1-10(16-11(2)17)3-4-12-5-7-13(8-6-12)14(18)9-15/h5-8,10H,3-4,9H2,1-2H3,(H,16,17)/t10-/m1/s1. The molecule has 1 aromatic carbocycles. The molecule has 0 aliphatic rings. The number of Topliss-reactive ketones (excluding diaryl/α,β-unsaturated/α-hetero) is 1. The van der Waals surface area contributed by atoms with Crippen molar-refractivity contribution in [3.05, 3.63) is 35.4 Å². The Balaban J connectivity index is 2.49. The van der Waals surface area contributed by atoms with Gasteiger partial charge >= 0.3 is 0 Å². The van der Waals surface area contributed by atoms with Gasteiger partial charge in [-0.1, -0.05) is 24.3 Å². The number of alkyl halides is 1. The monoisotopic (exact) mass is 267 g/mol. The topological polar surface area (TPSA) is 46.2 Å². The molecule has 1 atom stereocenters. The van der Waals surface area contributed by atoms with Crippen LogP contribution in [0.2, 0.25) is 0 Å². The summed E-state index contributed by atoms with van der Waals surface area (Å²) in [5, 5.41) is 2.84. The van der Waals surface area contributed by atoms with Crippen LogP contribution in [0.1, 0.15) is 36.2 Å². The lowest BCUT2D eigenvalue weighted by molar-refractivity contribution is -0.119. The summed E-state index contributed by atoms with van der Waals surface area (Å²) in [5.74, 6) is -0.0563. The molecule has 18 heavy (non-hydrogen) atoms. The van der Waals surface area contributed by atoms with Crippen LogP contribution in [0.3, 0.4) is 0 Å². The first-order chi connectivity index (χ1) is 8.52. The second kappa shape index (κ2) is 7.17. The summed E-state index contributed by atoms with van der Waals surface area (Å²) >= 11 is 5.49. The van der Waals surface area contributed by atoms with Gasteiger partial charge in [0.15, 0.2) is 5.78 Å². The molecule has 0 heterocycles. The van der Waals surface area contributed by atoms with Gasteiger partial charge in [-0.05, 0) is 25.3 Å². The lowest BCUT2D eigenvalue weighted by atomic mass is 10.0. The van der Waals surface area contributed by atoms with Gasteiger partial charge in [0, 0.05) is 18.5 Å². The maximum absolute atomic E-state index is 11.3. The molecule has 0 spiro atoms. The van der Waals surface area contributed by atoms with E-state index >= 15 is 0 Å². The molecule has 0 saturated carbocycles. The van der Waals surface area contributed by atoms with Crippen molar-refractivity contribution in [2.75, 3.05) is 5.88 Å². The second-order valence-electron chi connectivity index (χ2n) is 4.39. The molecule has 0 bridgehead atoms. The van der Waals surface area contributed by atoms with E-state index in [1.54, 1.807) is 12.1 Å². The first-order valence-electron chi connectivity index (χ1n) is 5.98. The highest BCUT2D eigenvalue weighted by Crippen LogP contribution is 2.09. The van der Waals surface area contributed by atoms with Crippen LogP contribution in [0.4, 0.5) is 0 Å². The number of hydrogen-bond donors (Lipinski definition) is 1. The molecule has 0 aliphatic heterocycles. The molecule has 1 N–H and O–H groups in total. The summed E-state index contributed by atoms with van der Waals surface area (Å²) < 4.78 is 0. The van der Waals surface area contributed by atoms with Crippen molar-refractivity contribution >= 4 is 23.3 Å². The Morgan fingerprint density at radius 3 is 2.39 bits per heavy atom. The summed E-state index contributed by atoms with van der Waals surface area (Å²) in [6.07, 6.45) is 1.75. The lowest BCUT2D eigenvalue weighted by Crippen LogP contribution is -2.30. The molecule has 4 heteroatoms. The van der Waals surface area contributed by atoms with Crippen LogP contribution in [-0.4, -0.2) is 23.6 Å². The van der Waals surface area contributed by atoms with E-state index in [1.807, 2.05) is 19.1 Å². The van der Waals surface area contributed by atoms with E-state index in [0.29, 0.717) is 5.56 Å². The van der Waals surface area contributed by atoms with E-state index in [0.717, 1.165) is 18.4 Å². The number of ketones is 1. The fourth-order valence-corrected chi connectivity index (χ4v) is 1.89. The maximum Gasteiger partial charge on any atom is 0.217 e. The van der Waals surface area contributed by atoms with E-state index in [-0.39, 0.29) is 23.6 Å². The van der Waals surface area contributed by atoms with Crippen LogP contribution in [-0.2, 0) is 11.2 Å². The third-order valence-corrected chi connectivity index (χ3v) is 2.96. The van der Waals surface area contributed by atoms with Crippen molar-refractivity contribution in [3.63, 3.8) is 0 Å². The molecular weight excluding hydrogens is 250 g/mol. The van der Waals surface area contributed by atoms with Gasteiger partial charge in [-0.3, -0.25) is 9.59 Å². The number of aryl methyl sites for hydroxylation is 1. The van der Waals surface area contributed by atoms with E-state index in [1.165, 1.54) is 6.92 Å². The molecule has 0 aromatic heterocycles. The Kier molecular flexibility index (Phi) is 5.86. The zero-order valence-electron chi connectivity index (χ0n) is 10.7. The molecule has 0 saturated heterocycles. The minimum absolute atomic E-state index is 0.00874. The largest absolute Gasteiger partial charge is 0.354 e. The van der Waals surface area contributed by atoms with Crippen LogP contribution in [0.15, 0.2) is 24.3 Å². The third kappa shape index (κ3) is 4.88. The van der Waals surface area contributed by atoms with Gasteiger partial charge in [-0.2, -0.15) is 0 Å². The van der Waals surface area contributed by atoms with Gasteiger partial charge in [-0.15, -0.1) is 11.6 Å². The number of halogens is 1. The molecule has 1 rings (SSSR count). The maximum atomic E-state index is 11.3. The third-order valence-electron chi connectivity index (χ3n) is 2.71. The predicted molar refractivity (Wildman–Crippen MR) is 73.1 cm³/mol. The molecule has 1 amide bonds. The summed E-state index contributed by atoms with van der Waals surface area (Å²) in [6, 6.07) is 7.61. The minimum Gasteiger partial charge on any atom is -0.354 e. The van der Waals surface area contributed by atoms with Gasteiger partial charge in [0.25, 0.3) is 0 Å². The SMILES string of the molecule is CC(=O)N[C@H](C)CCc1ccc(C(=O)CCl)cc1. The van der Waals surface area contributed by atoms with Crippen LogP contribution in [0, 0.1) is 0 Å². The Hall–Kier alpha value is -1.35. The highest BCUT2D eigenvalue weighted by molar-refractivity contribution is 6.30. The fourth-order valence-electron chi connectivity index (χ4n) is 1.74. The Labute approximate surface area is 113 Å². The van der Waals surface area contributed by atoms with Crippen LogP contribution in [0.25, 0.3) is 0 Å². The van der Waals surface area contributed by atoms with Gasteiger partial charge < -0.3 is 5.32 Å². The van der Waals surface area contributed by atoms with Gasteiger partial charge in [0.2, 0.25) is 5.91 Å². The fraction of sp³-hybridized carbons (Fsp3) is 0.429. The normalized spacial score (nSPS) is 11.9. The molecule has 0 aliphatic carbocycles. The average molecular weight is 268 g/mol. The van der Waals surface area contributed by atoms with Crippen LogP contribution in [0.5, 0.6) is 0 Å². The Morgan fingerprint density at radius 2 is 1.89 bits per heavy atom. The van der Waals surface area contributed by atoms with Crippen LogP contribution >= 0.6 is 11.6 Å². The predicted octanol–water partition coefficient (Wildman–Crippen LogP) is 2.57. The first kappa shape index (κ1) is 14.7. The van der Waals surface area contributed by atoms with Crippen molar-refractivity contribution in [2.45, 2.75) is 32.7 Å². The molecule has 98 valence electrons. The zero-order valence-corrected chi connectivity index (χ0v) is 11.5. The summed E-state index contributed by atoms with van der Waals surface area (Å²) in [5.41, 5.74) is 1.79. The van der Waals surface area contributed by atoms with Gasteiger partial charge in [-0.25, -0.2) is 0 Å². The second-order valence-corrected chi connectivity index (χ2v) is 4.66. The van der Waals surface area contributed by atoms with E-state index in [2.05, 4.69) is 5.32 Å². The number of carbonyl (C=O) groups excluding carboxylic acids is 2. The van der Waals surface area contributed by atoms with E-state index in [4.69, 9.17) is 11.6 Å². The Bertz CT molecular complexity index is 414.